The predicted octanol–water partition coefficient (Wildman–Crippen LogP) is 6.69. The van der Waals surface area contributed by atoms with Crippen molar-refractivity contribution in [1.29, 1.82) is 0 Å². The molecule has 9 heteroatoms. The van der Waals surface area contributed by atoms with Crippen molar-refractivity contribution >= 4 is 52.1 Å². The zero-order valence-corrected chi connectivity index (χ0v) is 24.2. The van der Waals surface area contributed by atoms with Crippen molar-refractivity contribution in [2.24, 2.45) is 4.99 Å². The molecule has 1 aliphatic heterocycles. The van der Waals surface area contributed by atoms with Crippen LogP contribution in [-0.4, -0.2) is 44.8 Å². The van der Waals surface area contributed by atoms with Crippen molar-refractivity contribution in [2.75, 3.05) is 31.5 Å². The number of nitrogens with zero attached hydrogens (tertiary/aromatic N) is 2. The molecule has 1 unspecified atom stereocenters. The molecule has 0 saturated heterocycles. The zero-order valence-electron chi connectivity index (χ0n) is 22.7. The quantitative estimate of drug-likeness (QED) is 0.261. The van der Waals surface area contributed by atoms with E-state index in [9.17, 15) is 9.59 Å². The van der Waals surface area contributed by atoms with E-state index in [0.29, 0.717) is 61.7 Å². The summed E-state index contributed by atoms with van der Waals surface area (Å²) >= 11 is 12.4. The average Bonchev–Trinajstić information content (AvgIpc) is 3.09. The van der Waals surface area contributed by atoms with Crippen LogP contribution in [0.15, 0.2) is 89.9 Å². The molecule has 1 heterocycles. The zero-order chi connectivity index (χ0) is 29.1. The standard InChI is InChI=1S/C32H27Cl2N3O4/c1-37-27-18-29(41-3)28(40-2)17-23(27)30(36-26(32(37)39)15-19-12-13-24(33)25(34)14-19)20-8-7-9-21(16-20)31(38)35-22-10-5-4-6-11-22/h4-14,16-18,26H,15H2,1-3H3,(H,35,38). The largest absolute Gasteiger partial charge is 0.493 e. The van der Waals surface area contributed by atoms with E-state index in [1.807, 2.05) is 42.5 Å². The highest BCUT2D eigenvalue weighted by Crippen LogP contribution is 2.38. The van der Waals surface area contributed by atoms with E-state index in [-0.39, 0.29) is 11.8 Å². The van der Waals surface area contributed by atoms with Crippen LogP contribution >= 0.6 is 23.2 Å². The van der Waals surface area contributed by atoms with Crippen LogP contribution in [0.25, 0.3) is 0 Å². The van der Waals surface area contributed by atoms with Crippen molar-refractivity contribution < 1.29 is 19.1 Å². The van der Waals surface area contributed by atoms with Crippen LogP contribution in [0.2, 0.25) is 10.0 Å². The summed E-state index contributed by atoms with van der Waals surface area (Å²) in [5, 5.41) is 3.75. The lowest BCUT2D eigenvalue weighted by molar-refractivity contribution is -0.119. The Kier molecular flexibility index (Phi) is 8.28. The number of amides is 2. The normalized spacial score (nSPS) is 14.6. The molecule has 0 radical (unpaired) electrons. The second kappa shape index (κ2) is 12.0. The van der Waals surface area contributed by atoms with Crippen molar-refractivity contribution in [3.05, 3.63) is 117 Å². The van der Waals surface area contributed by atoms with Crippen LogP contribution in [-0.2, 0) is 11.2 Å². The molecule has 0 aliphatic carbocycles. The van der Waals surface area contributed by atoms with Gasteiger partial charge in [-0.05, 0) is 48.0 Å². The van der Waals surface area contributed by atoms with E-state index in [0.717, 1.165) is 5.56 Å². The summed E-state index contributed by atoms with van der Waals surface area (Å²) < 4.78 is 11.1. The number of methoxy groups -OCH3 is 2. The Bertz CT molecular complexity index is 1660. The lowest BCUT2D eigenvalue weighted by Gasteiger charge is -2.22. The van der Waals surface area contributed by atoms with Crippen LogP contribution in [0.4, 0.5) is 11.4 Å². The fourth-order valence-electron chi connectivity index (χ4n) is 4.74. The third kappa shape index (κ3) is 5.92. The minimum Gasteiger partial charge on any atom is -0.493 e. The van der Waals surface area contributed by atoms with Crippen LogP contribution in [0.1, 0.15) is 27.0 Å². The van der Waals surface area contributed by atoms with Crippen molar-refractivity contribution in [3.63, 3.8) is 0 Å². The molecule has 0 aromatic heterocycles. The SMILES string of the molecule is COc1cc2c(cc1OC)N(C)C(=O)C(Cc1ccc(Cl)c(Cl)c1)N=C2c1cccc(C(=O)Nc2ccccc2)c1. The first-order chi connectivity index (χ1) is 19.8. The highest BCUT2D eigenvalue weighted by atomic mass is 35.5. The molecule has 2 amide bonds. The van der Waals surface area contributed by atoms with E-state index in [1.54, 1.807) is 68.6 Å². The highest BCUT2D eigenvalue weighted by Gasteiger charge is 2.32. The number of fused-ring (bicyclic) bond motifs is 1. The van der Waals surface area contributed by atoms with E-state index >= 15 is 0 Å². The number of halogens is 2. The van der Waals surface area contributed by atoms with Gasteiger partial charge in [0.1, 0.15) is 6.04 Å². The second-order valence-electron chi connectivity index (χ2n) is 9.47. The Morgan fingerprint density at radius 1 is 0.902 bits per heavy atom. The molecule has 208 valence electrons. The van der Waals surface area contributed by atoms with Gasteiger partial charge < -0.3 is 19.7 Å². The summed E-state index contributed by atoms with van der Waals surface area (Å²) in [4.78, 5) is 33.5. The molecule has 0 fully saturated rings. The second-order valence-corrected chi connectivity index (χ2v) is 10.3. The van der Waals surface area contributed by atoms with Gasteiger partial charge in [0.2, 0.25) is 0 Å². The third-order valence-corrected chi connectivity index (χ3v) is 7.60. The number of hydrogen-bond donors (Lipinski definition) is 1. The molecule has 5 rings (SSSR count). The number of rotatable bonds is 7. The topological polar surface area (TPSA) is 80.2 Å². The fourth-order valence-corrected chi connectivity index (χ4v) is 5.06. The molecule has 1 N–H and O–H groups in total. The van der Waals surface area contributed by atoms with Gasteiger partial charge in [-0.15, -0.1) is 0 Å². The predicted molar refractivity (Wildman–Crippen MR) is 163 cm³/mol. The van der Waals surface area contributed by atoms with Crippen molar-refractivity contribution in [1.82, 2.24) is 0 Å². The number of carbonyl (C=O) groups excluding carboxylic acids is 2. The average molecular weight is 588 g/mol. The van der Waals surface area contributed by atoms with Gasteiger partial charge in [-0.25, -0.2) is 0 Å². The number of ether oxygens (including phenoxy) is 2. The molecule has 0 saturated carbocycles. The summed E-state index contributed by atoms with van der Waals surface area (Å²) in [6, 6.07) is 24.4. The van der Waals surface area contributed by atoms with Crippen LogP contribution in [0, 0.1) is 0 Å². The molecule has 7 nitrogen and oxygen atoms in total. The lowest BCUT2D eigenvalue weighted by atomic mass is 9.97. The number of carbonyl (C=O) groups is 2. The first-order valence-corrected chi connectivity index (χ1v) is 13.6. The van der Waals surface area contributed by atoms with Crippen LogP contribution in [0.5, 0.6) is 11.5 Å². The lowest BCUT2D eigenvalue weighted by Crippen LogP contribution is -2.36. The molecule has 1 atom stereocenters. The summed E-state index contributed by atoms with van der Waals surface area (Å²) in [5.74, 6) is 0.489. The highest BCUT2D eigenvalue weighted by molar-refractivity contribution is 6.42. The Morgan fingerprint density at radius 3 is 2.34 bits per heavy atom. The molecule has 4 aromatic carbocycles. The first-order valence-electron chi connectivity index (χ1n) is 12.8. The van der Waals surface area contributed by atoms with Gasteiger partial charge in [0.25, 0.3) is 11.8 Å². The summed E-state index contributed by atoms with van der Waals surface area (Å²) in [5.41, 5.74) is 4.41. The molecule has 4 aromatic rings. The maximum absolute atomic E-state index is 13.8. The van der Waals surface area contributed by atoms with Gasteiger partial charge in [-0.2, -0.15) is 0 Å². The number of likely N-dealkylation sites (N-methyl/N-ethyl adjacent to an activating group) is 1. The summed E-state index contributed by atoms with van der Waals surface area (Å²) in [6.07, 6.45) is 0.292. The Balaban J connectivity index is 1.63. The van der Waals surface area contributed by atoms with E-state index in [1.165, 1.54) is 0 Å². The van der Waals surface area contributed by atoms with Gasteiger partial charge in [-0.1, -0.05) is 59.6 Å². The van der Waals surface area contributed by atoms with Crippen molar-refractivity contribution in [2.45, 2.75) is 12.5 Å². The van der Waals surface area contributed by atoms with Gasteiger partial charge in [0.15, 0.2) is 11.5 Å². The minimum absolute atomic E-state index is 0.211. The number of benzodiazepines with no additional fused rings is 1. The van der Waals surface area contributed by atoms with E-state index in [2.05, 4.69) is 5.32 Å². The maximum Gasteiger partial charge on any atom is 0.255 e. The minimum atomic E-state index is -0.779. The summed E-state index contributed by atoms with van der Waals surface area (Å²) in [7, 11) is 4.80. The number of benzene rings is 4. The van der Waals surface area contributed by atoms with Crippen molar-refractivity contribution in [3.8, 4) is 11.5 Å². The molecule has 1 aliphatic rings. The molecule has 41 heavy (non-hydrogen) atoms. The van der Waals surface area contributed by atoms with Gasteiger partial charge in [0.05, 0.1) is 35.7 Å². The maximum atomic E-state index is 13.8. The van der Waals surface area contributed by atoms with Gasteiger partial charge in [-0.3, -0.25) is 14.6 Å². The number of aliphatic imine (C=N–C) groups is 1. The van der Waals surface area contributed by atoms with Crippen LogP contribution < -0.4 is 19.7 Å². The number of anilines is 2. The Morgan fingerprint density at radius 2 is 1.63 bits per heavy atom. The van der Waals surface area contributed by atoms with E-state index in [4.69, 9.17) is 37.7 Å². The molecular weight excluding hydrogens is 561 g/mol. The number of para-hydroxylation sites is 1. The molecular formula is C32H27Cl2N3O4. The van der Waals surface area contributed by atoms with E-state index < -0.39 is 6.04 Å². The smallest absolute Gasteiger partial charge is 0.255 e. The number of nitrogens with one attached hydrogen (secondary N) is 1. The third-order valence-electron chi connectivity index (χ3n) is 6.86. The fraction of sp³-hybridized carbons (Fsp3) is 0.156. The molecule has 0 spiro atoms. The van der Waals surface area contributed by atoms with Gasteiger partial charge in [0, 0.05) is 41.9 Å². The Hall–Kier alpha value is -4.33. The first kappa shape index (κ1) is 28.2. The van der Waals surface area contributed by atoms with Gasteiger partial charge >= 0.3 is 0 Å². The number of hydrogen-bond acceptors (Lipinski definition) is 5. The monoisotopic (exact) mass is 587 g/mol. The summed E-state index contributed by atoms with van der Waals surface area (Å²) in [6.45, 7) is 0. The molecule has 0 bridgehead atoms. The Labute approximate surface area is 248 Å². The van der Waals surface area contributed by atoms with Crippen LogP contribution in [0.3, 0.4) is 0 Å².